The largest absolute Gasteiger partial charge is 0.393 e. The highest BCUT2D eigenvalue weighted by Crippen LogP contribution is 2.11. The molecule has 0 aromatic rings. The van der Waals surface area contributed by atoms with Gasteiger partial charge in [0.15, 0.2) is 0 Å². The average molecular weight is 411 g/mol. The van der Waals surface area contributed by atoms with Crippen LogP contribution in [0.3, 0.4) is 0 Å². The monoisotopic (exact) mass is 410 g/mol. The topological polar surface area (TPSA) is 52.6 Å². The van der Waals surface area contributed by atoms with Gasteiger partial charge < -0.3 is 10.4 Å². The van der Waals surface area contributed by atoms with Crippen LogP contribution in [0.25, 0.3) is 0 Å². The molecule has 0 rings (SSSR count). The van der Waals surface area contributed by atoms with Crippen LogP contribution >= 0.6 is 0 Å². The molecule has 0 aromatic heterocycles. The predicted octanol–water partition coefficient (Wildman–Crippen LogP) is 6.19. The number of hydrogen-bond acceptors (Lipinski definition) is 3. The zero-order chi connectivity index (χ0) is 21.7. The highest BCUT2D eigenvalue weighted by Gasteiger charge is 2.15. The lowest BCUT2D eigenvalue weighted by Crippen LogP contribution is -2.47. The summed E-state index contributed by atoms with van der Waals surface area (Å²) in [7, 11) is 0. The summed E-state index contributed by atoms with van der Waals surface area (Å²) in [5, 5.41) is 13.1. The zero-order valence-corrected chi connectivity index (χ0v) is 19.9. The van der Waals surface area contributed by atoms with Crippen molar-refractivity contribution < 1.29 is 9.90 Å². The average Bonchev–Trinajstić information content (AvgIpc) is 2.72. The van der Waals surface area contributed by atoms with Crippen molar-refractivity contribution in [2.24, 2.45) is 0 Å². The Bertz CT molecular complexity index is 394. The summed E-state index contributed by atoms with van der Waals surface area (Å²) in [6, 6.07) is 0. The lowest BCUT2D eigenvalue weighted by atomic mass is 10.1. The summed E-state index contributed by atoms with van der Waals surface area (Å²) >= 11 is 0. The molecule has 0 radical (unpaired) electrons. The number of nitrogens with one attached hydrogen (secondary N) is 1. The Labute approximate surface area is 181 Å². The van der Waals surface area contributed by atoms with Gasteiger partial charge in [-0.15, -0.1) is 0 Å². The summed E-state index contributed by atoms with van der Waals surface area (Å²) < 4.78 is 0. The number of carbonyl (C=O) groups is 1. The molecule has 0 aromatic carbocycles. The first-order valence-corrected chi connectivity index (χ1v) is 12.4. The normalized spacial score (nSPS) is 13.9. The van der Waals surface area contributed by atoms with Crippen LogP contribution in [0.5, 0.6) is 0 Å². The van der Waals surface area contributed by atoms with E-state index < -0.39 is 0 Å². The van der Waals surface area contributed by atoms with Crippen molar-refractivity contribution in [1.82, 2.24) is 10.2 Å². The van der Waals surface area contributed by atoms with E-state index >= 15 is 0 Å². The van der Waals surface area contributed by atoms with Gasteiger partial charge in [-0.1, -0.05) is 84.8 Å². The van der Waals surface area contributed by atoms with Crippen molar-refractivity contribution in [2.45, 2.75) is 130 Å². The number of aliphatic hydroxyl groups excluding tert-OH is 1. The molecule has 0 bridgehead atoms. The number of allylic oxidation sites excluding steroid dienone is 1. The minimum absolute atomic E-state index is 0.164. The van der Waals surface area contributed by atoms with Crippen LogP contribution in [0.4, 0.5) is 0 Å². The van der Waals surface area contributed by atoms with Gasteiger partial charge in [-0.2, -0.15) is 0 Å². The van der Waals surface area contributed by atoms with Crippen LogP contribution in [-0.4, -0.2) is 41.3 Å². The molecule has 1 unspecified atom stereocenters. The molecule has 0 heterocycles. The van der Waals surface area contributed by atoms with Crippen LogP contribution in [-0.2, 0) is 4.79 Å². The molecule has 29 heavy (non-hydrogen) atoms. The molecule has 172 valence electrons. The summed E-state index contributed by atoms with van der Waals surface area (Å²) in [5.41, 5.74) is 0. The number of rotatable bonds is 20. The third kappa shape index (κ3) is 16.6. The van der Waals surface area contributed by atoms with E-state index in [2.05, 4.69) is 50.1 Å². The smallest absolute Gasteiger partial charge is 0.221 e. The minimum Gasteiger partial charge on any atom is -0.393 e. The maximum absolute atomic E-state index is 12.1. The Kier molecular flexibility index (Phi) is 19.8. The second kappa shape index (κ2) is 20.4. The number of aliphatic hydroxyl groups is 1. The Morgan fingerprint density at radius 2 is 1.55 bits per heavy atom. The third-order valence-corrected chi connectivity index (χ3v) is 5.71. The standard InChI is InChI=1S/C25H50N2O2/c1-5-9-10-17-20-23(28)21-18-15-13-11-12-14-16-19-22-25(29)26-24(6-2)27(7-3)8-4/h15,18,23-24,28H,5-14,16-17,19-22H2,1-4H3,(H,26,29)/b18-15-/t23-,24?/m1/s1. The second-order valence-corrected chi connectivity index (χ2v) is 8.23. The quantitative estimate of drug-likeness (QED) is 0.143. The van der Waals surface area contributed by atoms with Crippen molar-refractivity contribution in [3.8, 4) is 0 Å². The summed E-state index contributed by atoms with van der Waals surface area (Å²) in [5.74, 6) is 0.194. The summed E-state index contributed by atoms with van der Waals surface area (Å²) in [6.07, 6.45) is 19.5. The molecule has 0 saturated carbocycles. The maximum atomic E-state index is 12.1. The molecule has 0 aliphatic heterocycles. The fourth-order valence-electron chi connectivity index (χ4n) is 3.75. The van der Waals surface area contributed by atoms with E-state index in [9.17, 15) is 9.90 Å². The molecule has 0 aliphatic rings. The Morgan fingerprint density at radius 3 is 2.21 bits per heavy atom. The van der Waals surface area contributed by atoms with Gasteiger partial charge in [-0.3, -0.25) is 9.69 Å². The van der Waals surface area contributed by atoms with Gasteiger partial charge >= 0.3 is 0 Å². The van der Waals surface area contributed by atoms with Crippen molar-refractivity contribution in [3.05, 3.63) is 12.2 Å². The molecule has 1 amide bonds. The van der Waals surface area contributed by atoms with Crippen molar-refractivity contribution in [3.63, 3.8) is 0 Å². The van der Waals surface area contributed by atoms with Gasteiger partial charge in [0.25, 0.3) is 0 Å². The minimum atomic E-state index is -0.164. The molecule has 4 heteroatoms. The van der Waals surface area contributed by atoms with Gasteiger partial charge in [0.2, 0.25) is 5.91 Å². The first kappa shape index (κ1) is 28.1. The molecule has 0 spiro atoms. The van der Waals surface area contributed by atoms with E-state index in [1.54, 1.807) is 0 Å². The number of hydrogen-bond donors (Lipinski definition) is 2. The lowest BCUT2D eigenvalue weighted by molar-refractivity contribution is -0.123. The molecule has 4 nitrogen and oxygen atoms in total. The third-order valence-electron chi connectivity index (χ3n) is 5.71. The van der Waals surface area contributed by atoms with Gasteiger partial charge in [0.05, 0.1) is 12.3 Å². The van der Waals surface area contributed by atoms with E-state index in [1.165, 1.54) is 38.5 Å². The van der Waals surface area contributed by atoms with Crippen molar-refractivity contribution >= 4 is 5.91 Å². The number of unbranched alkanes of at least 4 members (excludes halogenated alkanes) is 8. The molecular formula is C25H50N2O2. The summed E-state index contributed by atoms with van der Waals surface area (Å²) in [6.45, 7) is 10.6. The molecule has 0 saturated heterocycles. The zero-order valence-electron chi connectivity index (χ0n) is 19.9. The van der Waals surface area contributed by atoms with E-state index in [0.29, 0.717) is 6.42 Å². The van der Waals surface area contributed by atoms with Crippen molar-refractivity contribution in [2.75, 3.05) is 13.1 Å². The molecule has 0 aliphatic carbocycles. The van der Waals surface area contributed by atoms with E-state index in [0.717, 1.165) is 58.0 Å². The van der Waals surface area contributed by atoms with Crippen LogP contribution < -0.4 is 5.32 Å². The number of nitrogens with zero attached hydrogens (tertiary/aromatic N) is 1. The fraction of sp³-hybridized carbons (Fsp3) is 0.880. The van der Waals surface area contributed by atoms with Gasteiger partial charge in [-0.25, -0.2) is 0 Å². The predicted molar refractivity (Wildman–Crippen MR) is 126 cm³/mol. The Balaban J connectivity index is 3.59. The van der Waals surface area contributed by atoms with Gasteiger partial charge in [0.1, 0.15) is 0 Å². The lowest BCUT2D eigenvalue weighted by Gasteiger charge is -2.29. The molecule has 2 atom stereocenters. The Morgan fingerprint density at radius 1 is 0.897 bits per heavy atom. The number of amides is 1. The molecule has 2 N–H and O–H groups in total. The Hall–Kier alpha value is -0.870. The van der Waals surface area contributed by atoms with Crippen LogP contribution in [0.2, 0.25) is 0 Å². The van der Waals surface area contributed by atoms with Crippen LogP contribution in [0.1, 0.15) is 118 Å². The van der Waals surface area contributed by atoms with Crippen LogP contribution in [0, 0.1) is 0 Å². The van der Waals surface area contributed by atoms with E-state index in [4.69, 9.17) is 0 Å². The van der Waals surface area contributed by atoms with E-state index in [-0.39, 0.29) is 18.2 Å². The number of carbonyl (C=O) groups excluding carboxylic acids is 1. The molecule has 0 fully saturated rings. The highest BCUT2D eigenvalue weighted by molar-refractivity contribution is 5.76. The highest BCUT2D eigenvalue weighted by atomic mass is 16.3. The van der Waals surface area contributed by atoms with Crippen LogP contribution in [0.15, 0.2) is 12.2 Å². The SMILES string of the molecule is CCCCCC[C@@H](O)C/C=C\CCCCCCCC(=O)NC(CC)N(CC)CC. The van der Waals surface area contributed by atoms with Gasteiger partial charge in [0, 0.05) is 6.42 Å². The maximum Gasteiger partial charge on any atom is 0.221 e. The van der Waals surface area contributed by atoms with Gasteiger partial charge in [-0.05, 0) is 51.6 Å². The fourth-order valence-corrected chi connectivity index (χ4v) is 3.75. The first-order valence-electron chi connectivity index (χ1n) is 12.4. The first-order chi connectivity index (χ1) is 14.1. The molecular weight excluding hydrogens is 360 g/mol. The second-order valence-electron chi connectivity index (χ2n) is 8.23. The summed E-state index contributed by atoms with van der Waals surface area (Å²) in [4.78, 5) is 14.4. The van der Waals surface area contributed by atoms with E-state index in [1.807, 2.05) is 0 Å². The van der Waals surface area contributed by atoms with Crippen molar-refractivity contribution in [1.29, 1.82) is 0 Å².